The lowest BCUT2D eigenvalue weighted by Crippen LogP contribution is -2.44. The van der Waals surface area contributed by atoms with Crippen LogP contribution in [0.2, 0.25) is 0 Å². The Morgan fingerprint density at radius 3 is 2.54 bits per heavy atom. The van der Waals surface area contributed by atoms with Gasteiger partial charge in [0.2, 0.25) is 5.95 Å². The predicted octanol–water partition coefficient (Wildman–Crippen LogP) is 2.53. The Kier molecular flexibility index (Phi) is 6.09. The van der Waals surface area contributed by atoms with Crippen LogP contribution < -0.4 is 15.8 Å². The molecule has 0 spiro atoms. The van der Waals surface area contributed by atoms with Gasteiger partial charge < -0.3 is 20.2 Å². The smallest absolute Gasteiger partial charge is 0.278 e. The van der Waals surface area contributed by atoms with Crippen molar-refractivity contribution in [2.24, 2.45) is 0 Å². The summed E-state index contributed by atoms with van der Waals surface area (Å²) in [6, 6.07) is 12.0. The van der Waals surface area contributed by atoms with Crippen molar-refractivity contribution in [1.82, 2.24) is 39.0 Å². The van der Waals surface area contributed by atoms with E-state index in [0.29, 0.717) is 35.0 Å². The molecule has 7 rings (SSSR count). The molecule has 12 nitrogen and oxygen atoms in total. The average Bonchev–Trinajstić information content (AvgIpc) is 3.49. The van der Waals surface area contributed by atoms with Gasteiger partial charge in [-0.25, -0.2) is 24.0 Å². The van der Waals surface area contributed by atoms with Crippen LogP contribution in [0, 0.1) is 0 Å². The molecule has 0 atom stereocenters. The van der Waals surface area contributed by atoms with Crippen molar-refractivity contribution in [2.45, 2.75) is 31.5 Å². The molecule has 210 valence electrons. The number of fused-ring (bicyclic) bond motifs is 2. The van der Waals surface area contributed by atoms with E-state index in [0.717, 1.165) is 50.1 Å². The lowest BCUT2D eigenvalue weighted by molar-refractivity contribution is 0.126. The Morgan fingerprint density at radius 2 is 1.80 bits per heavy atom. The van der Waals surface area contributed by atoms with E-state index in [4.69, 9.17) is 9.97 Å². The number of rotatable bonds is 8. The van der Waals surface area contributed by atoms with Gasteiger partial charge in [0.1, 0.15) is 5.39 Å². The summed E-state index contributed by atoms with van der Waals surface area (Å²) in [5, 5.41) is 19.4. The number of hydrogen-bond acceptors (Lipinski definition) is 9. The summed E-state index contributed by atoms with van der Waals surface area (Å²) in [6.45, 7) is 8.58. The van der Waals surface area contributed by atoms with E-state index < -0.39 is 5.60 Å². The highest BCUT2D eigenvalue weighted by Crippen LogP contribution is 2.37. The molecule has 0 unspecified atom stereocenters. The molecule has 1 saturated heterocycles. The Bertz CT molecular complexity index is 1810. The maximum Gasteiger partial charge on any atom is 0.278 e. The van der Waals surface area contributed by atoms with Crippen LogP contribution in [0.5, 0.6) is 0 Å². The van der Waals surface area contributed by atoms with Gasteiger partial charge in [0.25, 0.3) is 5.56 Å². The second kappa shape index (κ2) is 9.82. The molecule has 1 aliphatic carbocycles. The number of likely N-dealkylation sites (N-methyl/N-ethyl adjacent to an activating group) is 1. The number of anilines is 3. The SMILES string of the molecule is C=CCn1c(=O)c2cnc(Nc3ccc(N4CCN(C)CC4)cc3)nc2n1-c1ccc2cnn(CC3(O)CC3)c2n1. The average molecular weight is 553 g/mol. The second-order valence-corrected chi connectivity index (χ2v) is 11.0. The number of pyridine rings is 1. The van der Waals surface area contributed by atoms with Crippen molar-refractivity contribution in [3.8, 4) is 5.82 Å². The second-order valence-electron chi connectivity index (χ2n) is 11.0. The van der Waals surface area contributed by atoms with Gasteiger partial charge in [0, 0.05) is 49.1 Å². The maximum absolute atomic E-state index is 13.4. The fourth-order valence-electron chi connectivity index (χ4n) is 5.32. The van der Waals surface area contributed by atoms with Crippen molar-refractivity contribution in [1.29, 1.82) is 0 Å². The van der Waals surface area contributed by atoms with Crippen LogP contribution in [0.1, 0.15) is 12.8 Å². The van der Waals surface area contributed by atoms with Crippen molar-refractivity contribution < 1.29 is 5.11 Å². The van der Waals surface area contributed by atoms with E-state index in [-0.39, 0.29) is 12.1 Å². The molecular weight excluding hydrogens is 520 g/mol. The van der Waals surface area contributed by atoms with Crippen LogP contribution in [0.3, 0.4) is 0 Å². The minimum Gasteiger partial charge on any atom is -0.388 e. The minimum atomic E-state index is -0.724. The Balaban J connectivity index is 1.24. The molecule has 2 aliphatic rings. The lowest BCUT2D eigenvalue weighted by atomic mass is 10.2. The van der Waals surface area contributed by atoms with Crippen molar-refractivity contribution in [3.05, 3.63) is 71.8 Å². The van der Waals surface area contributed by atoms with Gasteiger partial charge in [-0.3, -0.25) is 4.79 Å². The number of nitrogens with zero attached hydrogens (tertiary/aromatic N) is 9. The fraction of sp³-hybridized carbons (Fsp3) is 0.345. The zero-order valence-corrected chi connectivity index (χ0v) is 22.9. The zero-order valence-electron chi connectivity index (χ0n) is 22.9. The van der Waals surface area contributed by atoms with Crippen molar-refractivity contribution >= 4 is 39.4 Å². The van der Waals surface area contributed by atoms with Crippen LogP contribution in [0.4, 0.5) is 17.3 Å². The number of piperazine rings is 1. The van der Waals surface area contributed by atoms with E-state index in [1.807, 2.05) is 24.3 Å². The summed E-state index contributed by atoms with van der Waals surface area (Å²) in [7, 11) is 2.15. The molecule has 2 N–H and O–H groups in total. The molecule has 41 heavy (non-hydrogen) atoms. The number of allylic oxidation sites excluding steroid dienone is 1. The summed E-state index contributed by atoms with van der Waals surface area (Å²) in [5.74, 6) is 0.883. The number of aliphatic hydroxyl groups is 1. The molecule has 5 heterocycles. The number of nitrogens with one attached hydrogen (secondary N) is 1. The Morgan fingerprint density at radius 1 is 1.02 bits per heavy atom. The summed E-state index contributed by atoms with van der Waals surface area (Å²) in [5.41, 5.74) is 2.15. The van der Waals surface area contributed by atoms with Crippen molar-refractivity contribution in [3.63, 3.8) is 0 Å². The highest BCUT2D eigenvalue weighted by atomic mass is 16.3. The molecule has 4 aromatic heterocycles. The number of aromatic nitrogens is 7. The Labute approximate surface area is 236 Å². The summed E-state index contributed by atoms with van der Waals surface area (Å²) >= 11 is 0. The van der Waals surface area contributed by atoms with Gasteiger partial charge in [0.05, 0.1) is 24.9 Å². The third-order valence-corrected chi connectivity index (χ3v) is 7.93. The molecule has 12 heteroatoms. The molecule has 0 bridgehead atoms. The largest absolute Gasteiger partial charge is 0.388 e. The third kappa shape index (κ3) is 4.74. The van der Waals surface area contributed by atoms with Gasteiger partial charge in [-0.2, -0.15) is 10.1 Å². The van der Waals surface area contributed by atoms with Gasteiger partial charge in [-0.05, 0) is 56.3 Å². The normalized spacial score (nSPS) is 16.9. The van der Waals surface area contributed by atoms with Crippen LogP contribution in [-0.4, -0.2) is 82.9 Å². The predicted molar refractivity (Wildman–Crippen MR) is 158 cm³/mol. The van der Waals surface area contributed by atoms with E-state index >= 15 is 0 Å². The molecular formula is C29H32N10O2. The molecule has 1 saturated carbocycles. The first-order valence-electron chi connectivity index (χ1n) is 13.9. The highest BCUT2D eigenvalue weighted by Gasteiger charge is 2.41. The van der Waals surface area contributed by atoms with Crippen LogP contribution in [-0.2, 0) is 13.1 Å². The monoisotopic (exact) mass is 552 g/mol. The zero-order chi connectivity index (χ0) is 28.1. The van der Waals surface area contributed by atoms with E-state index in [2.05, 4.69) is 51.0 Å². The highest BCUT2D eigenvalue weighted by molar-refractivity contribution is 5.79. The standard InChI is InChI=1S/C29H32N10O2/c1-3-12-38-27(40)23-18-30-28(32-21-5-7-22(8-6-21)36-15-13-35(2)14-16-36)34-26(23)39(38)24-9-4-20-17-31-37(25(20)33-24)19-29(41)10-11-29/h3-9,17-18,41H,1,10-16,19H2,2H3,(H,30,32,34). The molecule has 2 fully saturated rings. The van der Waals surface area contributed by atoms with Crippen molar-refractivity contribution in [2.75, 3.05) is 43.4 Å². The fourth-order valence-corrected chi connectivity index (χ4v) is 5.32. The van der Waals surface area contributed by atoms with Gasteiger partial charge in [-0.15, -0.1) is 6.58 Å². The van der Waals surface area contributed by atoms with Crippen LogP contribution in [0.25, 0.3) is 27.9 Å². The van der Waals surface area contributed by atoms with Crippen LogP contribution >= 0.6 is 0 Å². The first-order chi connectivity index (χ1) is 19.9. The van der Waals surface area contributed by atoms with E-state index in [1.54, 1.807) is 32.5 Å². The van der Waals surface area contributed by atoms with E-state index in [1.165, 1.54) is 5.69 Å². The van der Waals surface area contributed by atoms with Gasteiger partial charge in [-0.1, -0.05) is 6.08 Å². The minimum absolute atomic E-state index is 0.231. The third-order valence-electron chi connectivity index (χ3n) is 7.93. The first kappa shape index (κ1) is 25.4. The molecule has 0 amide bonds. The summed E-state index contributed by atoms with van der Waals surface area (Å²) in [4.78, 5) is 32.2. The Hall–Kier alpha value is -4.55. The maximum atomic E-state index is 13.4. The quantitative estimate of drug-likeness (QED) is 0.280. The lowest BCUT2D eigenvalue weighted by Gasteiger charge is -2.34. The van der Waals surface area contributed by atoms with Crippen LogP contribution in [0.15, 0.2) is 66.2 Å². The summed E-state index contributed by atoms with van der Waals surface area (Å²) < 4.78 is 4.97. The molecule has 0 radical (unpaired) electrons. The van der Waals surface area contributed by atoms with Gasteiger partial charge >= 0.3 is 0 Å². The van der Waals surface area contributed by atoms with E-state index in [9.17, 15) is 9.90 Å². The number of hydrogen-bond donors (Lipinski definition) is 2. The number of benzene rings is 1. The topological polar surface area (TPSA) is 122 Å². The summed E-state index contributed by atoms with van der Waals surface area (Å²) in [6.07, 6.45) is 6.45. The molecule has 1 aliphatic heterocycles. The van der Waals surface area contributed by atoms with Gasteiger partial charge in [0.15, 0.2) is 17.1 Å². The molecule has 1 aromatic carbocycles. The first-order valence-corrected chi connectivity index (χ1v) is 13.9. The molecule has 5 aromatic rings.